The maximum Gasteiger partial charge on any atom is 0.160 e. The van der Waals surface area contributed by atoms with E-state index < -0.39 is 0 Å². The van der Waals surface area contributed by atoms with Crippen molar-refractivity contribution in [1.82, 2.24) is 29.9 Å². The van der Waals surface area contributed by atoms with Gasteiger partial charge in [-0.15, -0.1) is 22.7 Å². The van der Waals surface area contributed by atoms with Crippen molar-refractivity contribution < 1.29 is 0 Å². The van der Waals surface area contributed by atoms with Crippen LogP contribution in [-0.2, 0) is 0 Å². The predicted octanol–water partition coefficient (Wildman–Crippen LogP) is 27.4. The van der Waals surface area contributed by atoms with Crippen molar-refractivity contribution in [1.29, 1.82) is 0 Å². The summed E-state index contributed by atoms with van der Waals surface area (Å²) in [6.07, 6.45) is 0. The standard InChI is InChI=1S/C53H33N3S.C47H29N3S/c1-3-13-34(14-4-1)35-25-29-39(30-26-35)47-33-46(38-16-5-2-6-17-38)55-53(56-47)40-31-27-37(28-32-40)42-21-12-23-45-49(42)52-50(44-20-9-10-24-48(44)57-52)51(54-45)43-22-11-18-36-15-7-8-19-41(36)43;1-3-14-32(15-4-1)40-29-41(33-16-5-2-6-17-33)50-47(49-40)34-27-25-31(26-28-34)36-21-12-23-39-43(36)46-44(38-20-9-10-24-42(38)51-46)45(48-39)37-22-11-18-30-13-7-8-19-35(30)37/h1-33H;1-29H. The van der Waals surface area contributed by atoms with Crippen LogP contribution in [0.2, 0.25) is 0 Å². The number of aromatic nitrogens is 6. The number of thiophene rings is 2. The molecule has 0 spiro atoms. The van der Waals surface area contributed by atoms with Gasteiger partial charge in [0, 0.05) is 95.6 Å². The quantitative estimate of drug-likeness (QED) is 0.128. The third-order valence-electron chi connectivity index (χ3n) is 20.6. The number of benzene rings is 15. The van der Waals surface area contributed by atoms with Gasteiger partial charge in [-0.1, -0.05) is 340 Å². The highest BCUT2D eigenvalue weighted by molar-refractivity contribution is 7.27. The van der Waals surface area contributed by atoms with E-state index in [9.17, 15) is 0 Å². The van der Waals surface area contributed by atoms with E-state index in [0.29, 0.717) is 11.6 Å². The van der Waals surface area contributed by atoms with Gasteiger partial charge < -0.3 is 0 Å². The Morgan fingerprint density at radius 1 is 0.185 bits per heavy atom. The molecule has 15 aromatic carbocycles. The van der Waals surface area contributed by atoms with Gasteiger partial charge in [0.1, 0.15) is 0 Å². The minimum Gasteiger partial charge on any atom is -0.247 e. The molecular formula is C100H62N6S2. The highest BCUT2D eigenvalue weighted by atomic mass is 32.1. The van der Waals surface area contributed by atoms with Crippen LogP contribution in [0.3, 0.4) is 0 Å². The molecule has 21 rings (SSSR count). The molecule has 0 unspecified atom stereocenters. The van der Waals surface area contributed by atoms with Crippen molar-refractivity contribution in [2.45, 2.75) is 0 Å². The van der Waals surface area contributed by atoms with E-state index in [4.69, 9.17) is 29.9 Å². The van der Waals surface area contributed by atoms with Gasteiger partial charge in [0.2, 0.25) is 0 Å². The third-order valence-corrected chi connectivity index (χ3v) is 23.0. The Morgan fingerprint density at radius 3 is 0.880 bits per heavy atom. The number of hydrogen-bond donors (Lipinski definition) is 0. The fraction of sp³-hybridized carbons (Fsp3) is 0. The number of fused-ring (bicyclic) bond motifs is 12. The van der Waals surface area contributed by atoms with Gasteiger partial charge in [-0.2, -0.15) is 0 Å². The summed E-state index contributed by atoms with van der Waals surface area (Å²) in [7, 11) is 0. The van der Waals surface area contributed by atoms with Gasteiger partial charge in [0.25, 0.3) is 0 Å². The number of pyridine rings is 2. The molecule has 0 fully saturated rings. The Labute approximate surface area is 631 Å². The van der Waals surface area contributed by atoms with Crippen LogP contribution in [0.4, 0.5) is 0 Å². The van der Waals surface area contributed by atoms with Gasteiger partial charge in [-0.25, -0.2) is 29.9 Å². The fourth-order valence-corrected chi connectivity index (χ4v) is 17.9. The first-order chi connectivity index (χ1) is 53.5. The zero-order valence-corrected chi connectivity index (χ0v) is 59.9. The molecule has 0 atom stereocenters. The van der Waals surface area contributed by atoms with Gasteiger partial charge in [-0.3, -0.25) is 0 Å². The summed E-state index contributed by atoms with van der Waals surface area (Å²) in [5.74, 6) is 1.39. The summed E-state index contributed by atoms with van der Waals surface area (Å²) in [5, 5.41) is 12.1. The SMILES string of the molecule is c1ccc(-c2cc(-c3ccccc3)nc(-c3ccc(-c4cccc5nc(-c6cccc7ccccc67)c6c7ccccc7sc6c45)cc3)n2)cc1.c1ccc(-c2ccc(-c3cc(-c4ccccc4)nc(-c4ccc(-c5cccc6nc(-c7cccc8ccccc78)c7c8ccccc8sc7c56)cc4)n3)cc2)cc1. The van der Waals surface area contributed by atoms with Crippen molar-refractivity contribution >= 4 is 106 Å². The van der Waals surface area contributed by atoms with Crippen molar-refractivity contribution in [3.63, 3.8) is 0 Å². The maximum absolute atomic E-state index is 5.48. The molecule has 504 valence electrons. The number of nitrogens with zero attached hydrogens (tertiary/aromatic N) is 6. The maximum atomic E-state index is 5.48. The normalized spacial score (nSPS) is 11.5. The molecule has 0 N–H and O–H groups in total. The molecule has 0 aliphatic carbocycles. The minimum atomic E-state index is 0.691. The second-order valence-electron chi connectivity index (χ2n) is 27.1. The Bertz CT molecular complexity index is 6940. The molecule has 0 saturated heterocycles. The van der Waals surface area contributed by atoms with E-state index in [1.54, 1.807) is 0 Å². The van der Waals surface area contributed by atoms with Crippen molar-refractivity contribution in [3.05, 3.63) is 376 Å². The first-order valence-electron chi connectivity index (χ1n) is 36.3. The predicted molar refractivity (Wildman–Crippen MR) is 455 cm³/mol. The fourth-order valence-electron chi connectivity index (χ4n) is 15.4. The van der Waals surface area contributed by atoms with Crippen LogP contribution in [0.5, 0.6) is 0 Å². The lowest BCUT2D eigenvalue weighted by Crippen LogP contribution is -1.96. The van der Waals surface area contributed by atoms with Crippen LogP contribution >= 0.6 is 22.7 Å². The lowest BCUT2D eigenvalue weighted by atomic mass is 9.94. The summed E-state index contributed by atoms with van der Waals surface area (Å²) in [6, 6.07) is 132. The minimum absolute atomic E-state index is 0.691. The van der Waals surface area contributed by atoms with E-state index in [1.165, 1.54) is 83.8 Å². The lowest BCUT2D eigenvalue weighted by Gasteiger charge is -2.13. The molecule has 0 saturated carbocycles. The van der Waals surface area contributed by atoms with Crippen LogP contribution in [-0.4, -0.2) is 29.9 Å². The third kappa shape index (κ3) is 11.7. The van der Waals surface area contributed by atoms with Crippen LogP contribution in [0.1, 0.15) is 0 Å². The zero-order chi connectivity index (χ0) is 71.4. The molecule has 0 aliphatic heterocycles. The topological polar surface area (TPSA) is 77.3 Å². The Kier molecular flexibility index (Phi) is 16.2. The average Bonchev–Trinajstić information content (AvgIpc) is 1.58. The summed E-state index contributed by atoms with van der Waals surface area (Å²) < 4.78 is 5.04. The first kappa shape index (κ1) is 63.9. The Balaban J connectivity index is 0.000000143. The van der Waals surface area contributed by atoms with E-state index in [-0.39, 0.29) is 0 Å². The molecule has 0 bridgehead atoms. The number of rotatable bonds is 11. The van der Waals surface area contributed by atoms with Crippen LogP contribution in [0.15, 0.2) is 376 Å². The van der Waals surface area contributed by atoms with Crippen molar-refractivity contribution in [2.24, 2.45) is 0 Å². The molecule has 21 aromatic rings. The first-order valence-corrected chi connectivity index (χ1v) is 37.9. The summed E-state index contributed by atoms with van der Waals surface area (Å²) in [5.41, 5.74) is 23.0. The molecule has 108 heavy (non-hydrogen) atoms. The van der Waals surface area contributed by atoms with E-state index in [2.05, 4.69) is 328 Å². The molecule has 0 aliphatic rings. The van der Waals surface area contributed by atoms with E-state index in [1.807, 2.05) is 71.2 Å². The molecule has 6 heterocycles. The van der Waals surface area contributed by atoms with E-state index >= 15 is 0 Å². The molecule has 8 heteroatoms. The van der Waals surface area contributed by atoms with Gasteiger partial charge in [-0.05, 0) is 91.3 Å². The summed E-state index contributed by atoms with van der Waals surface area (Å²) in [6.45, 7) is 0. The Hall–Kier alpha value is -13.8. The van der Waals surface area contributed by atoms with Crippen molar-refractivity contribution in [3.8, 4) is 124 Å². The molecular weight excluding hydrogens is 1350 g/mol. The highest BCUT2D eigenvalue weighted by Gasteiger charge is 2.24. The molecule has 0 radical (unpaired) electrons. The zero-order valence-electron chi connectivity index (χ0n) is 58.3. The second-order valence-corrected chi connectivity index (χ2v) is 29.2. The largest absolute Gasteiger partial charge is 0.247 e. The monoisotopic (exact) mass is 1410 g/mol. The van der Waals surface area contributed by atoms with E-state index in [0.717, 1.165) is 112 Å². The molecule has 6 aromatic heterocycles. The van der Waals surface area contributed by atoms with Gasteiger partial charge >= 0.3 is 0 Å². The van der Waals surface area contributed by atoms with Gasteiger partial charge in [0.15, 0.2) is 11.6 Å². The van der Waals surface area contributed by atoms with Crippen LogP contribution in [0.25, 0.3) is 207 Å². The van der Waals surface area contributed by atoms with Gasteiger partial charge in [0.05, 0.1) is 45.2 Å². The van der Waals surface area contributed by atoms with Crippen LogP contribution in [0, 0.1) is 0 Å². The van der Waals surface area contributed by atoms with Crippen molar-refractivity contribution in [2.75, 3.05) is 0 Å². The summed E-state index contributed by atoms with van der Waals surface area (Å²) in [4.78, 5) is 31.3. The summed E-state index contributed by atoms with van der Waals surface area (Å²) >= 11 is 3.71. The molecule has 6 nitrogen and oxygen atoms in total. The Morgan fingerprint density at radius 2 is 0.472 bits per heavy atom. The highest BCUT2D eigenvalue weighted by Crippen LogP contribution is 2.49. The smallest absolute Gasteiger partial charge is 0.160 e. The second kappa shape index (κ2) is 27.4. The van der Waals surface area contributed by atoms with Crippen LogP contribution < -0.4 is 0 Å². The average molecular weight is 1410 g/mol. The number of hydrogen-bond acceptors (Lipinski definition) is 8. The lowest BCUT2D eigenvalue weighted by molar-refractivity contribution is 1.18. The molecule has 0 amide bonds.